The molecular formula is C22H31N3O5S3. The summed E-state index contributed by atoms with van der Waals surface area (Å²) in [7, 11) is -2.73. The molecule has 0 spiro atoms. The number of hydrogen-bond acceptors (Lipinski definition) is 9. The summed E-state index contributed by atoms with van der Waals surface area (Å²) < 4.78 is 35.8. The Morgan fingerprint density at radius 3 is 1.97 bits per heavy atom. The van der Waals surface area contributed by atoms with Crippen molar-refractivity contribution in [1.82, 2.24) is 0 Å². The van der Waals surface area contributed by atoms with E-state index in [2.05, 4.69) is 25.3 Å². The van der Waals surface area contributed by atoms with Gasteiger partial charge in [-0.3, -0.25) is 4.55 Å². The molecule has 8 N–H and O–H groups in total. The highest BCUT2D eigenvalue weighted by Gasteiger charge is 2.15. The molecule has 0 bridgehead atoms. The number of allylic oxidation sites excluding steroid dienone is 2. The fourth-order valence-electron chi connectivity index (χ4n) is 2.28. The Labute approximate surface area is 206 Å². The van der Waals surface area contributed by atoms with Gasteiger partial charge >= 0.3 is 0 Å². The third kappa shape index (κ3) is 9.74. The van der Waals surface area contributed by atoms with Crippen molar-refractivity contribution >= 4 is 63.2 Å². The van der Waals surface area contributed by atoms with Gasteiger partial charge in [0.05, 0.1) is 23.4 Å². The standard InChI is InChI=1S/C10H10N2O4S.C7H9NO.C4H8S.CH4S/c11-7-2-1-5-3-6(17(14,15)16)4-8(12)9(5)10(7)13;1-9-7-5-3-2-4-6(7)8;1-3-4(2)5;1-2/h1-4,13H,11-12H2,(H,14,15,16);2-5H,8H2,1H3;3,5H,1-2H3;2H,1H3/b;;4-3-;. The van der Waals surface area contributed by atoms with Crippen molar-refractivity contribution < 1.29 is 22.8 Å². The van der Waals surface area contributed by atoms with Crippen molar-refractivity contribution in [2.24, 2.45) is 0 Å². The maximum atomic E-state index is 11.0. The average molecular weight is 514 g/mol. The van der Waals surface area contributed by atoms with Crippen molar-refractivity contribution in [1.29, 1.82) is 0 Å². The number of fused-ring (bicyclic) bond motifs is 1. The van der Waals surface area contributed by atoms with E-state index in [-0.39, 0.29) is 27.4 Å². The largest absolute Gasteiger partial charge is 0.505 e. The van der Waals surface area contributed by atoms with Gasteiger partial charge in [0.1, 0.15) is 11.5 Å². The summed E-state index contributed by atoms with van der Waals surface area (Å²) in [5.74, 6) is 0.527. The molecule has 0 aliphatic carbocycles. The fraction of sp³-hybridized carbons (Fsp3) is 0.182. The number of rotatable bonds is 2. The number of nitrogens with two attached hydrogens (primary N) is 3. The van der Waals surface area contributed by atoms with Gasteiger partial charge in [-0.25, -0.2) is 0 Å². The molecule has 182 valence electrons. The predicted octanol–water partition coefficient (Wildman–Crippen LogP) is 4.62. The minimum absolute atomic E-state index is 0.0277. The monoisotopic (exact) mass is 513 g/mol. The molecule has 0 saturated heterocycles. The van der Waals surface area contributed by atoms with Gasteiger partial charge < -0.3 is 27.0 Å². The SMILES string of the molecule is C/C=C(/C)S.COc1ccccc1N.CS.Nc1ccc2cc(S(=O)(=O)O)cc(N)c2c1O. The van der Waals surface area contributed by atoms with Crippen LogP contribution in [0.1, 0.15) is 13.8 Å². The minimum Gasteiger partial charge on any atom is -0.505 e. The summed E-state index contributed by atoms with van der Waals surface area (Å²) >= 11 is 7.49. The molecule has 0 aliphatic heterocycles. The van der Waals surface area contributed by atoms with E-state index in [0.29, 0.717) is 11.1 Å². The highest BCUT2D eigenvalue weighted by molar-refractivity contribution is 7.85. The lowest BCUT2D eigenvalue weighted by Crippen LogP contribution is -2.00. The van der Waals surface area contributed by atoms with Crippen molar-refractivity contribution in [3.05, 3.63) is 59.5 Å². The van der Waals surface area contributed by atoms with Crippen LogP contribution in [0.3, 0.4) is 0 Å². The van der Waals surface area contributed by atoms with Crippen LogP contribution in [0.4, 0.5) is 17.1 Å². The lowest BCUT2D eigenvalue weighted by molar-refractivity contribution is 0.417. The second-order valence-electron chi connectivity index (χ2n) is 6.26. The summed E-state index contributed by atoms with van der Waals surface area (Å²) in [5.41, 5.74) is 17.5. The van der Waals surface area contributed by atoms with E-state index >= 15 is 0 Å². The molecule has 3 rings (SSSR count). The third-order valence-electron chi connectivity index (χ3n) is 3.98. The van der Waals surface area contributed by atoms with Gasteiger partial charge in [0.15, 0.2) is 0 Å². The number of benzene rings is 3. The van der Waals surface area contributed by atoms with Gasteiger partial charge in [-0.2, -0.15) is 21.0 Å². The molecule has 0 saturated carbocycles. The number of anilines is 3. The molecule has 11 heteroatoms. The first-order chi connectivity index (χ1) is 15.4. The molecule has 3 aromatic rings. The Kier molecular flexibility index (Phi) is 13.2. The second-order valence-corrected chi connectivity index (χ2v) is 8.39. The van der Waals surface area contributed by atoms with Gasteiger partial charge in [-0.1, -0.05) is 24.3 Å². The number of ether oxygens (including phenoxy) is 1. The number of phenols is 1. The Balaban J connectivity index is 0.000000536. The zero-order chi connectivity index (χ0) is 25.8. The van der Waals surface area contributed by atoms with E-state index in [1.807, 2.05) is 38.1 Å². The molecule has 0 aliphatic rings. The Morgan fingerprint density at radius 2 is 1.55 bits per heavy atom. The smallest absolute Gasteiger partial charge is 0.294 e. The summed E-state index contributed by atoms with van der Waals surface area (Å²) in [6, 6.07) is 12.6. The van der Waals surface area contributed by atoms with Crippen LogP contribution in [-0.4, -0.2) is 31.4 Å². The normalized spacial score (nSPS) is 10.6. The molecular weight excluding hydrogens is 482 g/mol. The number of methoxy groups -OCH3 is 1. The Hall–Kier alpha value is -2.73. The number of nitrogen functional groups attached to an aromatic ring is 3. The zero-order valence-electron chi connectivity index (χ0n) is 18.9. The van der Waals surface area contributed by atoms with E-state index in [1.54, 1.807) is 19.4 Å². The first kappa shape index (κ1) is 30.3. The summed E-state index contributed by atoms with van der Waals surface area (Å²) in [5, 5.41) is 10.4. The van der Waals surface area contributed by atoms with Crippen LogP contribution in [-0.2, 0) is 10.1 Å². The maximum Gasteiger partial charge on any atom is 0.294 e. The summed E-state index contributed by atoms with van der Waals surface area (Å²) in [4.78, 5) is 0.747. The molecule has 0 heterocycles. The zero-order valence-corrected chi connectivity index (χ0v) is 21.5. The van der Waals surface area contributed by atoms with Crippen molar-refractivity contribution in [3.63, 3.8) is 0 Å². The predicted molar refractivity (Wildman–Crippen MR) is 145 cm³/mol. The minimum atomic E-state index is -4.33. The van der Waals surface area contributed by atoms with Crippen molar-refractivity contribution in [2.45, 2.75) is 18.7 Å². The first-order valence-corrected chi connectivity index (χ1v) is 12.1. The molecule has 0 unspecified atom stereocenters. The number of aromatic hydroxyl groups is 1. The molecule has 0 fully saturated rings. The van der Waals surface area contributed by atoms with E-state index < -0.39 is 10.1 Å². The van der Waals surface area contributed by atoms with Gasteiger partial charge in [0.2, 0.25) is 0 Å². The lowest BCUT2D eigenvalue weighted by atomic mass is 10.1. The molecule has 33 heavy (non-hydrogen) atoms. The van der Waals surface area contributed by atoms with E-state index in [4.69, 9.17) is 26.5 Å². The third-order valence-corrected chi connectivity index (χ3v) is 5.07. The van der Waals surface area contributed by atoms with Gasteiger partial charge in [0.25, 0.3) is 10.1 Å². The van der Waals surface area contributed by atoms with Crippen molar-refractivity contribution in [3.8, 4) is 11.5 Å². The van der Waals surface area contributed by atoms with Crippen LogP contribution in [0.25, 0.3) is 10.8 Å². The summed E-state index contributed by atoms with van der Waals surface area (Å²) in [6.07, 6.45) is 3.64. The second kappa shape index (κ2) is 14.4. The van der Waals surface area contributed by atoms with E-state index in [1.165, 1.54) is 18.2 Å². The lowest BCUT2D eigenvalue weighted by Gasteiger charge is -2.08. The first-order valence-electron chi connectivity index (χ1n) is 9.35. The Morgan fingerprint density at radius 1 is 1.00 bits per heavy atom. The number of para-hydroxylation sites is 2. The molecule has 0 radical (unpaired) electrons. The summed E-state index contributed by atoms with van der Waals surface area (Å²) in [6.45, 7) is 3.91. The van der Waals surface area contributed by atoms with Gasteiger partial charge in [-0.15, -0.1) is 12.6 Å². The van der Waals surface area contributed by atoms with Crippen LogP contribution >= 0.6 is 25.3 Å². The molecule has 0 aromatic heterocycles. The topological polar surface area (TPSA) is 162 Å². The number of thiol groups is 2. The fourth-order valence-corrected chi connectivity index (χ4v) is 2.83. The van der Waals surface area contributed by atoms with Gasteiger partial charge in [0, 0.05) is 11.1 Å². The van der Waals surface area contributed by atoms with Crippen LogP contribution in [0.2, 0.25) is 0 Å². The quantitative estimate of drug-likeness (QED) is 0.113. The van der Waals surface area contributed by atoms with E-state index in [9.17, 15) is 13.5 Å². The van der Waals surface area contributed by atoms with Crippen LogP contribution in [0.15, 0.2) is 64.4 Å². The Bertz CT molecular complexity index is 1180. The molecule has 0 atom stereocenters. The molecule has 3 aromatic carbocycles. The number of phenolic OH excluding ortho intramolecular Hbond substituents is 1. The highest BCUT2D eigenvalue weighted by Crippen LogP contribution is 2.36. The van der Waals surface area contributed by atoms with Crippen LogP contribution < -0.4 is 21.9 Å². The highest BCUT2D eigenvalue weighted by atomic mass is 32.2. The molecule has 8 nitrogen and oxygen atoms in total. The van der Waals surface area contributed by atoms with Crippen LogP contribution in [0.5, 0.6) is 11.5 Å². The number of hydrogen-bond donors (Lipinski definition) is 7. The average Bonchev–Trinajstić information content (AvgIpc) is 2.78. The van der Waals surface area contributed by atoms with Crippen molar-refractivity contribution in [2.75, 3.05) is 30.6 Å². The van der Waals surface area contributed by atoms with Gasteiger partial charge in [-0.05, 0) is 60.7 Å². The maximum absolute atomic E-state index is 11.0. The van der Waals surface area contributed by atoms with E-state index in [0.717, 1.165) is 16.7 Å². The van der Waals surface area contributed by atoms with Crippen LogP contribution in [0, 0.1) is 0 Å². The molecule has 0 amide bonds.